The van der Waals surface area contributed by atoms with Gasteiger partial charge in [0.1, 0.15) is 23.0 Å². The third-order valence-corrected chi connectivity index (χ3v) is 6.64. The maximum absolute atomic E-state index is 13.5. The zero-order valence-electron chi connectivity index (χ0n) is 26.3. The van der Waals surface area contributed by atoms with Gasteiger partial charge in [0, 0.05) is 13.2 Å². The fraction of sp³-hybridized carbons (Fsp3) is 0.176. The summed E-state index contributed by atoms with van der Waals surface area (Å²) < 4.78 is 96.6. The van der Waals surface area contributed by atoms with Crippen molar-refractivity contribution in [2.45, 2.75) is 26.2 Å². The summed E-state index contributed by atoms with van der Waals surface area (Å²) in [6.07, 6.45) is -10.4. The third kappa shape index (κ3) is 9.98. The molecule has 0 unspecified atom stereocenters. The summed E-state index contributed by atoms with van der Waals surface area (Å²) in [6, 6.07) is 13.1. The minimum Gasteiger partial charge on any atom is -0.478 e. The molecule has 4 aromatic rings. The highest BCUT2D eigenvalue weighted by atomic mass is 19.4. The molecule has 0 aliphatic carbocycles. The summed E-state index contributed by atoms with van der Waals surface area (Å²) in [5.74, 6) is -9.31. The second-order valence-electron chi connectivity index (χ2n) is 10.0. The van der Waals surface area contributed by atoms with Gasteiger partial charge >= 0.3 is 36.2 Å². The van der Waals surface area contributed by atoms with E-state index in [9.17, 15) is 65.9 Å². The van der Waals surface area contributed by atoms with Crippen LogP contribution in [0.3, 0.4) is 0 Å². The van der Waals surface area contributed by atoms with Crippen molar-refractivity contribution in [1.29, 1.82) is 0 Å². The highest BCUT2D eigenvalue weighted by Crippen LogP contribution is 2.39. The molecule has 0 bridgehead atoms. The molecule has 51 heavy (non-hydrogen) atoms. The molecule has 17 heteroatoms. The van der Waals surface area contributed by atoms with Gasteiger partial charge in [-0.15, -0.1) is 0 Å². The summed E-state index contributed by atoms with van der Waals surface area (Å²) in [5.41, 5.74) is -7.61. The van der Waals surface area contributed by atoms with Gasteiger partial charge in [-0.1, -0.05) is 24.3 Å². The van der Waals surface area contributed by atoms with E-state index >= 15 is 0 Å². The number of carboxylic acid groups (broad SMARTS) is 4. The Morgan fingerprint density at radius 3 is 1.04 bits per heavy atom. The molecule has 270 valence electrons. The van der Waals surface area contributed by atoms with Crippen LogP contribution in [-0.2, 0) is 17.1 Å². The first-order valence-electron chi connectivity index (χ1n) is 14.4. The normalized spacial score (nSPS) is 11.2. The highest BCUT2D eigenvalue weighted by Gasteiger charge is 2.40. The fourth-order valence-electron chi connectivity index (χ4n) is 4.50. The number of hydrogen-bond donors (Lipinski definition) is 4. The van der Waals surface area contributed by atoms with Crippen LogP contribution in [0.4, 0.5) is 26.3 Å². The average molecular weight is 725 g/mol. The van der Waals surface area contributed by atoms with Gasteiger partial charge in [-0.2, -0.15) is 26.3 Å². The lowest BCUT2D eigenvalue weighted by Crippen LogP contribution is -2.18. The molecule has 0 aliphatic heterocycles. The van der Waals surface area contributed by atoms with Crippen LogP contribution in [0.1, 0.15) is 66.4 Å². The van der Waals surface area contributed by atoms with Crippen molar-refractivity contribution in [3.8, 4) is 34.1 Å². The van der Waals surface area contributed by atoms with E-state index in [0.717, 1.165) is 13.2 Å². The zero-order chi connectivity index (χ0) is 38.3. The molecule has 0 fully saturated rings. The molecule has 0 aliphatic rings. The van der Waals surface area contributed by atoms with Crippen molar-refractivity contribution in [1.82, 2.24) is 0 Å². The monoisotopic (exact) mass is 724 g/mol. The average Bonchev–Trinajstić information content (AvgIpc) is 3.04. The second kappa shape index (κ2) is 16.1. The summed E-state index contributed by atoms with van der Waals surface area (Å²) in [6.45, 7) is 5.67. The van der Waals surface area contributed by atoms with E-state index in [-0.39, 0.29) is 11.5 Å². The number of aromatic carboxylic acids is 4. The number of rotatable bonds is 11. The van der Waals surface area contributed by atoms with Gasteiger partial charge in [0.05, 0.1) is 33.4 Å². The number of carboxylic acids is 4. The van der Waals surface area contributed by atoms with E-state index in [2.05, 4.69) is 0 Å². The first-order chi connectivity index (χ1) is 23.8. The molecular formula is C34H26F6O11. The summed E-state index contributed by atoms with van der Waals surface area (Å²) >= 11 is 0. The van der Waals surface area contributed by atoms with Crippen LogP contribution in [0.15, 0.2) is 72.8 Å². The minimum atomic E-state index is -5.21. The van der Waals surface area contributed by atoms with Crippen LogP contribution in [0.25, 0.3) is 11.1 Å². The first-order valence-corrected chi connectivity index (χ1v) is 14.4. The molecular weight excluding hydrogens is 698 g/mol. The summed E-state index contributed by atoms with van der Waals surface area (Å²) in [5, 5.41) is 36.9. The third-order valence-electron chi connectivity index (χ3n) is 6.64. The van der Waals surface area contributed by atoms with Crippen molar-refractivity contribution in [3.63, 3.8) is 0 Å². The lowest BCUT2D eigenvalue weighted by molar-refractivity contribution is -0.139. The molecule has 0 radical (unpaired) electrons. The van der Waals surface area contributed by atoms with E-state index in [1.54, 1.807) is 0 Å². The van der Waals surface area contributed by atoms with Gasteiger partial charge in [-0.05, 0) is 73.5 Å². The lowest BCUT2D eigenvalue weighted by atomic mass is 9.99. The molecule has 0 saturated carbocycles. The van der Waals surface area contributed by atoms with Crippen molar-refractivity contribution in [2.24, 2.45) is 0 Å². The standard InChI is InChI=1S/C30H16F6O10.C4H10O/c31-29(32,33)21-11-17(9-19(25(37)38)23(21)27(41)42)45-15-5-1-13(2-6-15)14-3-7-16(8-4-14)46-18-10-20(26(39)40)24(28(43)44)22(12-18)30(34,35)36;1-3-5-4-2/h1-12H,(H,37,38)(H,39,40)(H,41,42)(H,43,44);3-4H2,1-2H3. The molecule has 11 nitrogen and oxygen atoms in total. The molecule has 0 spiro atoms. The molecule has 0 saturated heterocycles. The molecule has 4 N–H and O–H groups in total. The van der Waals surface area contributed by atoms with Gasteiger partial charge in [0.15, 0.2) is 0 Å². The van der Waals surface area contributed by atoms with Gasteiger partial charge < -0.3 is 34.6 Å². The van der Waals surface area contributed by atoms with Crippen LogP contribution in [0.5, 0.6) is 23.0 Å². The van der Waals surface area contributed by atoms with Gasteiger partial charge in [0.25, 0.3) is 0 Å². The topological polar surface area (TPSA) is 177 Å². The first kappa shape index (κ1) is 39.3. The Bertz CT molecular complexity index is 1780. The van der Waals surface area contributed by atoms with E-state index in [0.29, 0.717) is 35.4 Å². The smallest absolute Gasteiger partial charge is 0.417 e. The van der Waals surface area contributed by atoms with Crippen LogP contribution >= 0.6 is 0 Å². The van der Waals surface area contributed by atoms with E-state index < -0.39 is 81.1 Å². The Balaban J connectivity index is 0.00000131. The number of ether oxygens (including phenoxy) is 3. The number of hydrogen-bond acceptors (Lipinski definition) is 7. The van der Waals surface area contributed by atoms with Crippen LogP contribution in [0.2, 0.25) is 0 Å². The quantitative estimate of drug-likeness (QED) is 0.109. The Labute approximate surface area is 283 Å². The number of alkyl halides is 6. The Hall–Kier alpha value is -6.10. The number of halogens is 6. The molecule has 0 amide bonds. The van der Waals surface area contributed by atoms with Crippen LogP contribution < -0.4 is 9.47 Å². The molecule has 0 heterocycles. The Morgan fingerprint density at radius 2 is 0.824 bits per heavy atom. The van der Waals surface area contributed by atoms with E-state index in [4.69, 9.17) is 14.2 Å². The van der Waals surface area contributed by atoms with Gasteiger partial charge in [-0.25, -0.2) is 19.2 Å². The van der Waals surface area contributed by atoms with Gasteiger partial charge in [-0.3, -0.25) is 0 Å². The van der Waals surface area contributed by atoms with E-state index in [1.165, 1.54) is 48.5 Å². The maximum atomic E-state index is 13.5. The minimum absolute atomic E-state index is 0.0456. The van der Waals surface area contributed by atoms with Gasteiger partial charge in [0.2, 0.25) is 0 Å². The largest absolute Gasteiger partial charge is 0.478 e. The number of carbonyl (C=O) groups is 4. The molecule has 4 aromatic carbocycles. The van der Waals surface area contributed by atoms with Crippen molar-refractivity contribution >= 4 is 23.9 Å². The summed E-state index contributed by atoms with van der Waals surface area (Å²) in [4.78, 5) is 45.7. The Morgan fingerprint density at radius 1 is 0.510 bits per heavy atom. The lowest BCUT2D eigenvalue weighted by Gasteiger charge is -2.16. The SMILES string of the molecule is CCOCC.O=C(O)c1cc(Oc2ccc(-c3ccc(Oc4cc(C(=O)O)c(C(=O)O)c(C(F)(F)F)c4)cc3)cc2)cc(C(F)(F)F)c1C(=O)O. The van der Waals surface area contributed by atoms with Crippen molar-refractivity contribution in [2.75, 3.05) is 13.2 Å². The predicted octanol–water partition coefficient (Wildman–Crippen LogP) is 8.81. The second-order valence-corrected chi connectivity index (χ2v) is 10.0. The zero-order valence-corrected chi connectivity index (χ0v) is 26.3. The fourth-order valence-corrected chi connectivity index (χ4v) is 4.50. The maximum Gasteiger partial charge on any atom is 0.417 e. The van der Waals surface area contributed by atoms with E-state index in [1.807, 2.05) is 13.8 Å². The highest BCUT2D eigenvalue weighted by molar-refractivity contribution is 6.04. The molecule has 0 atom stereocenters. The van der Waals surface area contributed by atoms with Crippen LogP contribution in [-0.4, -0.2) is 57.5 Å². The predicted molar refractivity (Wildman–Crippen MR) is 165 cm³/mol. The van der Waals surface area contributed by atoms with Crippen molar-refractivity contribution in [3.05, 3.63) is 106 Å². The molecule has 0 aromatic heterocycles. The Kier molecular flexibility index (Phi) is 12.4. The number of benzene rings is 4. The van der Waals surface area contributed by atoms with Crippen molar-refractivity contribution < 1.29 is 80.2 Å². The van der Waals surface area contributed by atoms with Crippen LogP contribution in [0, 0.1) is 0 Å². The summed E-state index contributed by atoms with van der Waals surface area (Å²) in [7, 11) is 0. The molecule has 4 rings (SSSR count).